The van der Waals surface area contributed by atoms with Gasteiger partial charge in [-0.05, 0) is 37.4 Å². The van der Waals surface area contributed by atoms with Gasteiger partial charge in [-0.15, -0.1) is 13.2 Å². The number of likely N-dealkylation sites (N-methyl/N-ethyl adjacent to an activating group) is 1. The molecule has 4 rings (SSSR count). The first kappa shape index (κ1) is 23.2. The lowest BCUT2D eigenvalue weighted by Crippen LogP contribution is -2.45. The minimum atomic E-state index is -4.71. The zero-order valence-corrected chi connectivity index (χ0v) is 18.8. The smallest absolute Gasteiger partial charge is 0.492 e. The molecule has 0 spiro atoms. The number of anilines is 1. The SMILES string of the molecule is CN1CCN(CCOC2=CCN(c3ccc(OC(F)(F)F)cc3)C=C2c2cnn(C)c2)CC1. The van der Waals surface area contributed by atoms with E-state index < -0.39 is 6.36 Å². The van der Waals surface area contributed by atoms with Gasteiger partial charge >= 0.3 is 6.36 Å². The van der Waals surface area contributed by atoms with Crippen molar-refractivity contribution >= 4 is 11.3 Å². The summed E-state index contributed by atoms with van der Waals surface area (Å²) in [5.74, 6) is 0.536. The lowest BCUT2D eigenvalue weighted by molar-refractivity contribution is -0.274. The molecular weight excluding hydrogens is 435 g/mol. The first-order chi connectivity index (χ1) is 15.8. The summed E-state index contributed by atoms with van der Waals surface area (Å²) in [5.41, 5.74) is 2.53. The third-order valence-electron chi connectivity index (χ3n) is 5.70. The number of nitrogens with zero attached hydrogens (tertiary/aromatic N) is 5. The van der Waals surface area contributed by atoms with Gasteiger partial charge in [0, 0.05) is 75.5 Å². The van der Waals surface area contributed by atoms with E-state index in [-0.39, 0.29) is 5.75 Å². The van der Waals surface area contributed by atoms with Gasteiger partial charge in [0.05, 0.1) is 6.20 Å². The highest BCUT2D eigenvalue weighted by atomic mass is 19.4. The van der Waals surface area contributed by atoms with Crippen LogP contribution in [-0.2, 0) is 11.8 Å². The molecule has 0 radical (unpaired) electrons. The highest BCUT2D eigenvalue weighted by Crippen LogP contribution is 2.31. The number of benzene rings is 1. The normalized spacial score (nSPS) is 18.2. The number of aromatic nitrogens is 2. The van der Waals surface area contributed by atoms with Crippen LogP contribution in [0.15, 0.2) is 54.7 Å². The molecule has 33 heavy (non-hydrogen) atoms. The second-order valence-corrected chi connectivity index (χ2v) is 8.20. The van der Waals surface area contributed by atoms with Crippen LogP contribution in [-0.4, -0.2) is 78.9 Å². The van der Waals surface area contributed by atoms with E-state index in [0.717, 1.165) is 55.3 Å². The molecule has 1 saturated heterocycles. The topological polar surface area (TPSA) is 46.0 Å². The molecule has 0 atom stereocenters. The molecule has 1 aromatic carbocycles. The molecule has 0 N–H and O–H groups in total. The molecule has 2 aliphatic heterocycles. The van der Waals surface area contributed by atoms with Crippen molar-refractivity contribution in [3.05, 3.63) is 60.3 Å². The Morgan fingerprint density at radius 3 is 2.39 bits per heavy atom. The van der Waals surface area contributed by atoms with E-state index >= 15 is 0 Å². The maximum absolute atomic E-state index is 12.4. The summed E-state index contributed by atoms with van der Waals surface area (Å²) in [6.07, 6.45) is 2.91. The zero-order chi connectivity index (χ0) is 23.4. The third-order valence-corrected chi connectivity index (χ3v) is 5.70. The standard InChI is InChI=1S/C23H28F3N5O2/c1-28-9-11-30(12-10-28)13-14-32-22-7-8-31(17-21(22)18-15-27-29(2)16-18)19-3-5-20(6-4-19)33-23(24,25)26/h3-7,15-17H,8-14H2,1-2H3. The Kier molecular flexibility index (Phi) is 6.94. The Hall–Kier alpha value is -2.98. The number of halogens is 3. The maximum Gasteiger partial charge on any atom is 0.573 e. The van der Waals surface area contributed by atoms with Crippen molar-refractivity contribution in [2.24, 2.45) is 7.05 Å². The first-order valence-electron chi connectivity index (χ1n) is 10.8. The molecule has 3 heterocycles. The van der Waals surface area contributed by atoms with Gasteiger partial charge in [-0.25, -0.2) is 0 Å². The molecule has 1 aromatic heterocycles. The van der Waals surface area contributed by atoms with Gasteiger partial charge in [-0.2, -0.15) is 5.10 Å². The van der Waals surface area contributed by atoms with E-state index in [4.69, 9.17) is 4.74 Å². The zero-order valence-electron chi connectivity index (χ0n) is 18.8. The Morgan fingerprint density at radius 2 is 1.76 bits per heavy atom. The highest BCUT2D eigenvalue weighted by Gasteiger charge is 2.31. The number of aryl methyl sites for hydroxylation is 1. The molecule has 7 nitrogen and oxygen atoms in total. The van der Waals surface area contributed by atoms with Gasteiger partial charge in [0.2, 0.25) is 0 Å². The second kappa shape index (κ2) is 9.88. The van der Waals surface area contributed by atoms with E-state index in [1.165, 1.54) is 12.1 Å². The summed E-state index contributed by atoms with van der Waals surface area (Å²) in [5, 5.41) is 4.27. The van der Waals surface area contributed by atoms with E-state index in [1.807, 2.05) is 30.4 Å². The maximum atomic E-state index is 12.4. The van der Waals surface area contributed by atoms with Crippen molar-refractivity contribution in [3.8, 4) is 5.75 Å². The lowest BCUT2D eigenvalue weighted by atomic mass is 10.1. The molecule has 0 unspecified atom stereocenters. The molecule has 10 heteroatoms. The number of hydrogen-bond acceptors (Lipinski definition) is 6. The molecule has 0 saturated carbocycles. The van der Waals surface area contributed by atoms with Crippen LogP contribution in [0.3, 0.4) is 0 Å². The fourth-order valence-corrected chi connectivity index (χ4v) is 3.85. The number of allylic oxidation sites excluding steroid dienone is 1. The van der Waals surface area contributed by atoms with Crippen molar-refractivity contribution in [2.45, 2.75) is 6.36 Å². The predicted molar refractivity (Wildman–Crippen MR) is 120 cm³/mol. The quantitative estimate of drug-likeness (QED) is 0.628. The van der Waals surface area contributed by atoms with Crippen molar-refractivity contribution in [3.63, 3.8) is 0 Å². The fraction of sp³-hybridized carbons (Fsp3) is 0.435. The summed E-state index contributed by atoms with van der Waals surface area (Å²) in [6.45, 7) is 6.16. The molecule has 0 aliphatic carbocycles. The summed E-state index contributed by atoms with van der Waals surface area (Å²) in [6, 6.07) is 5.83. The van der Waals surface area contributed by atoms with Crippen LogP contribution < -0.4 is 9.64 Å². The summed E-state index contributed by atoms with van der Waals surface area (Å²) < 4.78 is 49.2. The summed E-state index contributed by atoms with van der Waals surface area (Å²) >= 11 is 0. The van der Waals surface area contributed by atoms with Crippen molar-refractivity contribution in [1.82, 2.24) is 19.6 Å². The number of ether oxygens (including phenoxy) is 2. The number of rotatable bonds is 7. The minimum absolute atomic E-state index is 0.247. The minimum Gasteiger partial charge on any atom is -0.492 e. The molecule has 2 aliphatic rings. The Bertz CT molecular complexity index is 992. The van der Waals surface area contributed by atoms with Gasteiger partial charge in [0.1, 0.15) is 18.1 Å². The average molecular weight is 464 g/mol. The van der Waals surface area contributed by atoms with Gasteiger partial charge in [0.25, 0.3) is 0 Å². The number of alkyl halides is 3. The Labute approximate surface area is 191 Å². The Balaban J connectivity index is 1.45. The van der Waals surface area contributed by atoms with Crippen LogP contribution in [0.2, 0.25) is 0 Å². The van der Waals surface area contributed by atoms with E-state index in [1.54, 1.807) is 23.0 Å². The third kappa shape index (κ3) is 6.29. The second-order valence-electron chi connectivity index (χ2n) is 8.20. The summed E-state index contributed by atoms with van der Waals surface area (Å²) in [7, 11) is 3.98. The van der Waals surface area contributed by atoms with Crippen LogP contribution in [0.1, 0.15) is 5.56 Å². The van der Waals surface area contributed by atoms with Crippen molar-refractivity contribution in [1.29, 1.82) is 0 Å². The lowest BCUT2D eigenvalue weighted by Gasteiger charge is -2.32. The van der Waals surface area contributed by atoms with Crippen LogP contribution in [0.5, 0.6) is 5.75 Å². The largest absolute Gasteiger partial charge is 0.573 e. The monoisotopic (exact) mass is 463 g/mol. The van der Waals surface area contributed by atoms with Gasteiger partial charge in [-0.1, -0.05) is 0 Å². The molecule has 1 fully saturated rings. The molecule has 2 aromatic rings. The predicted octanol–water partition coefficient (Wildman–Crippen LogP) is 3.33. The molecule has 178 valence electrons. The van der Waals surface area contributed by atoms with E-state index in [2.05, 4.69) is 26.7 Å². The van der Waals surface area contributed by atoms with Crippen molar-refractivity contribution in [2.75, 3.05) is 57.8 Å². The average Bonchev–Trinajstić information content (AvgIpc) is 3.21. The Morgan fingerprint density at radius 1 is 1.03 bits per heavy atom. The molecule has 0 bridgehead atoms. The number of hydrogen-bond donors (Lipinski definition) is 0. The van der Waals surface area contributed by atoms with Crippen LogP contribution in [0.4, 0.5) is 18.9 Å². The highest BCUT2D eigenvalue weighted by molar-refractivity contribution is 5.80. The van der Waals surface area contributed by atoms with Crippen LogP contribution >= 0.6 is 0 Å². The van der Waals surface area contributed by atoms with E-state index in [0.29, 0.717) is 13.2 Å². The van der Waals surface area contributed by atoms with Crippen LogP contribution in [0, 0.1) is 0 Å². The van der Waals surface area contributed by atoms with Crippen molar-refractivity contribution < 1.29 is 22.6 Å². The first-order valence-corrected chi connectivity index (χ1v) is 10.8. The molecule has 0 amide bonds. The van der Waals surface area contributed by atoms with Gasteiger partial charge in [-0.3, -0.25) is 9.58 Å². The number of piperazine rings is 1. The van der Waals surface area contributed by atoms with Crippen LogP contribution in [0.25, 0.3) is 5.57 Å². The van der Waals surface area contributed by atoms with Gasteiger partial charge in [0.15, 0.2) is 0 Å². The van der Waals surface area contributed by atoms with E-state index in [9.17, 15) is 13.2 Å². The molecular formula is C23H28F3N5O2. The summed E-state index contributed by atoms with van der Waals surface area (Å²) in [4.78, 5) is 6.67. The van der Waals surface area contributed by atoms with Gasteiger partial charge < -0.3 is 19.3 Å². The fourth-order valence-electron chi connectivity index (χ4n) is 3.85.